The second kappa shape index (κ2) is 9.50. The maximum Gasteiger partial charge on any atom is 0.251 e. The van der Waals surface area contributed by atoms with Crippen molar-refractivity contribution in [2.24, 2.45) is 0 Å². The predicted molar refractivity (Wildman–Crippen MR) is 108 cm³/mol. The summed E-state index contributed by atoms with van der Waals surface area (Å²) in [6, 6.07) is 12.7. The second-order valence-corrected chi connectivity index (χ2v) is 8.77. The molecule has 0 spiro atoms. The number of hydrogen-bond acceptors (Lipinski definition) is 6. The van der Waals surface area contributed by atoms with Crippen LogP contribution in [0.3, 0.4) is 0 Å². The SMILES string of the molecule is O=C(CNC(=O)c1cccc(S(=O)(=O)NCc2cccs2)c1)NCc1ccco1. The zero-order chi connectivity index (χ0) is 20.7. The number of amides is 2. The molecule has 2 aromatic heterocycles. The molecule has 1 aromatic carbocycles. The Morgan fingerprint density at radius 2 is 1.86 bits per heavy atom. The molecule has 0 unspecified atom stereocenters. The number of carbonyl (C=O) groups excluding carboxylic acids is 2. The predicted octanol–water partition coefficient (Wildman–Crippen LogP) is 1.87. The van der Waals surface area contributed by atoms with Gasteiger partial charge in [-0.05, 0) is 41.8 Å². The number of rotatable bonds is 9. The Morgan fingerprint density at radius 3 is 2.59 bits per heavy atom. The smallest absolute Gasteiger partial charge is 0.251 e. The van der Waals surface area contributed by atoms with Gasteiger partial charge in [-0.1, -0.05) is 12.1 Å². The van der Waals surface area contributed by atoms with Crippen molar-refractivity contribution in [3.05, 3.63) is 76.4 Å². The van der Waals surface area contributed by atoms with E-state index in [-0.39, 0.29) is 30.1 Å². The average Bonchev–Trinajstić information content (AvgIpc) is 3.43. The van der Waals surface area contributed by atoms with Gasteiger partial charge in [0.15, 0.2) is 0 Å². The Morgan fingerprint density at radius 1 is 1.00 bits per heavy atom. The third-order valence-corrected chi connectivity index (χ3v) is 6.15. The van der Waals surface area contributed by atoms with Crippen LogP contribution in [0.1, 0.15) is 21.0 Å². The third kappa shape index (κ3) is 6.01. The summed E-state index contributed by atoms with van der Waals surface area (Å²) in [5, 5.41) is 6.93. The molecule has 0 atom stereocenters. The summed E-state index contributed by atoms with van der Waals surface area (Å²) in [6.07, 6.45) is 1.50. The van der Waals surface area contributed by atoms with Crippen molar-refractivity contribution in [3.8, 4) is 0 Å². The van der Waals surface area contributed by atoms with E-state index in [9.17, 15) is 18.0 Å². The number of benzene rings is 1. The Bertz CT molecular complexity index is 1060. The molecule has 0 saturated heterocycles. The van der Waals surface area contributed by atoms with Gasteiger partial charge in [-0.25, -0.2) is 13.1 Å². The van der Waals surface area contributed by atoms with E-state index in [0.29, 0.717) is 5.76 Å². The van der Waals surface area contributed by atoms with Crippen LogP contribution in [0.4, 0.5) is 0 Å². The van der Waals surface area contributed by atoms with E-state index >= 15 is 0 Å². The number of nitrogens with one attached hydrogen (secondary N) is 3. The first kappa shape index (κ1) is 20.8. The Kier molecular flexibility index (Phi) is 6.81. The molecule has 29 heavy (non-hydrogen) atoms. The van der Waals surface area contributed by atoms with E-state index < -0.39 is 21.8 Å². The van der Waals surface area contributed by atoms with Crippen LogP contribution < -0.4 is 15.4 Å². The zero-order valence-electron chi connectivity index (χ0n) is 15.3. The van der Waals surface area contributed by atoms with Gasteiger partial charge >= 0.3 is 0 Å². The van der Waals surface area contributed by atoms with E-state index in [0.717, 1.165) is 4.88 Å². The minimum atomic E-state index is -3.77. The topological polar surface area (TPSA) is 118 Å². The molecule has 8 nitrogen and oxygen atoms in total. The second-order valence-electron chi connectivity index (χ2n) is 5.97. The normalized spacial score (nSPS) is 11.2. The quantitative estimate of drug-likeness (QED) is 0.476. The van der Waals surface area contributed by atoms with Gasteiger partial charge in [-0.3, -0.25) is 9.59 Å². The summed E-state index contributed by atoms with van der Waals surface area (Å²) in [5.74, 6) is -0.345. The number of carbonyl (C=O) groups is 2. The first-order chi connectivity index (χ1) is 13.9. The molecule has 0 radical (unpaired) electrons. The highest BCUT2D eigenvalue weighted by atomic mass is 32.2. The zero-order valence-corrected chi connectivity index (χ0v) is 16.9. The van der Waals surface area contributed by atoms with Crippen LogP contribution in [0.15, 0.2) is 69.5 Å². The molecular formula is C19H19N3O5S2. The first-order valence-electron chi connectivity index (χ1n) is 8.63. The van der Waals surface area contributed by atoms with Crippen LogP contribution in [0.25, 0.3) is 0 Å². The monoisotopic (exact) mass is 433 g/mol. The van der Waals surface area contributed by atoms with Crippen molar-refractivity contribution in [1.82, 2.24) is 15.4 Å². The molecular weight excluding hydrogens is 414 g/mol. The van der Waals surface area contributed by atoms with Crippen LogP contribution >= 0.6 is 11.3 Å². The van der Waals surface area contributed by atoms with Crippen molar-refractivity contribution in [1.29, 1.82) is 0 Å². The molecule has 0 bridgehead atoms. The van der Waals surface area contributed by atoms with Crippen molar-refractivity contribution in [2.75, 3.05) is 6.54 Å². The van der Waals surface area contributed by atoms with Gasteiger partial charge in [0.25, 0.3) is 5.91 Å². The van der Waals surface area contributed by atoms with Crippen molar-refractivity contribution >= 4 is 33.2 Å². The minimum Gasteiger partial charge on any atom is -0.467 e. The molecule has 0 fully saturated rings. The van der Waals surface area contributed by atoms with Gasteiger partial charge in [0.1, 0.15) is 5.76 Å². The van der Waals surface area contributed by atoms with Gasteiger partial charge in [-0.15, -0.1) is 11.3 Å². The van der Waals surface area contributed by atoms with Crippen LogP contribution in [-0.2, 0) is 27.9 Å². The summed E-state index contributed by atoms with van der Waals surface area (Å²) >= 11 is 1.44. The molecule has 0 aliphatic carbocycles. The summed E-state index contributed by atoms with van der Waals surface area (Å²) in [5.41, 5.74) is 0.142. The van der Waals surface area contributed by atoms with E-state index in [1.807, 2.05) is 17.5 Å². The highest BCUT2D eigenvalue weighted by Gasteiger charge is 2.17. The fourth-order valence-electron chi connectivity index (χ4n) is 2.39. The lowest BCUT2D eigenvalue weighted by molar-refractivity contribution is -0.120. The van der Waals surface area contributed by atoms with Crippen molar-refractivity contribution < 1.29 is 22.4 Å². The lowest BCUT2D eigenvalue weighted by atomic mass is 10.2. The number of furan rings is 1. The molecule has 152 valence electrons. The molecule has 0 saturated carbocycles. The summed E-state index contributed by atoms with van der Waals surface area (Å²) in [6.45, 7) is 0.144. The van der Waals surface area contributed by atoms with E-state index in [1.165, 1.54) is 41.9 Å². The summed E-state index contributed by atoms with van der Waals surface area (Å²) in [7, 11) is -3.77. The molecule has 3 rings (SSSR count). The van der Waals surface area contributed by atoms with Gasteiger partial charge in [0.2, 0.25) is 15.9 Å². The van der Waals surface area contributed by atoms with Crippen LogP contribution in [-0.4, -0.2) is 26.8 Å². The lowest BCUT2D eigenvalue weighted by Crippen LogP contribution is -2.36. The Hall–Kier alpha value is -2.95. The molecule has 3 N–H and O–H groups in total. The number of sulfonamides is 1. The Labute approximate surface area is 172 Å². The lowest BCUT2D eigenvalue weighted by Gasteiger charge is -2.09. The van der Waals surface area contributed by atoms with E-state index in [4.69, 9.17) is 4.42 Å². The highest BCUT2D eigenvalue weighted by Crippen LogP contribution is 2.14. The van der Waals surface area contributed by atoms with Crippen LogP contribution in [0.5, 0.6) is 0 Å². The Balaban J connectivity index is 1.55. The molecule has 2 heterocycles. The van der Waals surface area contributed by atoms with Gasteiger partial charge in [0.05, 0.1) is 24.2 Å². The number of thiophene rings is 1. The molecule has 3 aromatic rings. The fraction of sp³-hybridized carbons (Fsp3) is 0.158. The third-order valence-electron chi connectivity index (χ3n) is 3.87. The van der Waals surface area contributed by atoms with Crippen molar-refractivity contribution in [3.63, 3.8) is 0 Å². The van der Waals surface area contributed by atoms with Crippen molar-refractivity contribution in [2.45, 2.75) is 18.0 Å². The minimum absolute atomic E-state index is 0.0241. The average molecular weight is 434 g/mol. The molecule has 10 heteroatoms. The summed E-state index contributed by atoms with van der Waals surface area (Å²) < 4.78 is 32.5. The molecule has 0 aliphatic heterocycles. The largest absolute Gasteiger partial charge is 0.467 e. The highest BCUT2D eigenvalue weighted by molar-refractivity contribution is 7.89. The van der Waals surface area contributed by atoms with Crippen LogP contribution in [0, 0.1) is 0 Å². The van der Waals surface area contributed by atoms with Crippen LogP contribution in [0.2, 0.25) is 0 Å². The first-order valence-corrected chi connectivity index (χ1v) is 11.0. The molecule has 2 amide bonds. The van der Waals surface area contributed by atoms with Gasteiger partial charge < -0.3 is 15.1 Å². The number of hydrogen-bond donors (Lipinski definition) is 3. The summed E-state index contributed by atoms with van der Waals surface area (Å²) in [4.78, 5) is 25.0. The standard InChI is InChI=1S/C19H19N3O5S2/c23-18(20-11-15-5-2-8-27-15)13-21-19(24)14-4-1-7-17(10-14)29(25,26)22-12-16-6-3-9-28-16/h1-10,22H,11-13H2,(H,20,23)(H,21,24). The van der Waals surface area contributed by atoms with Gasteiger partial charge in [-0.2, -0.15) is 0 Å². The van der Waals surface area contributed by atoms with E-state index in [1.54, 1.807) is 12.1 Å². The van der Waals surface area contributed by atoms with Gasteiger partial charge in [0, 0.05) is 17.0 Å². The fourth-order valence-corrected chi connectivity index (χ4v) is 4.18. The van der Waals surface area contributed by atoms with E-state index in [2.05, 4.69) is 15.4 Å². The maximum absolute atomic E-state index is 12.5. The maximum atomic E-state index is 12.5. The molecule has 0 aliphatic rings.